The summed E-state index contributed by atoms with van der Waals surface area (Å²) in [7, 11) is 0. The molecule has 0 aromatic carbocycles. The maximum atomic E-state index is 12.4. The van der Waals surface area contributed by atoms with Crippen LogP contribution >= 0.6 is 0 Å². The van der Waals surface area contributed by atoms with Gasteiger partial charge in [-0.1, -0.05) is 0 Å². The molecular formula is C18H30N2O6Sn. The van der Waals surface area contributed by atoms with Crippen LogP contribution in [-0.2, 0) is 9.47 Å². The number of aliphatic hydroxyl groups excluding tert-OH is 1. The predicted octanol–water partition coefficient (Wildman–Crippen LogP) is -0.0155. The summed E-state index contributed by atoms with van der Waals surface area (Å²) in [6.07, 6.45) is 2.44. The molecule has 8 nitrogen and oxygen atoms in total. The zero-order valence-corrected chi connectivity index (χ0v) is 20.3. The van der Waals surface area contributed by atoms with Gasteiger partial charge in [0.15, 0.2) is 0 Å². The molecule has 1 saturated heterocycles. The van der Waals surface area contributed by atoms with Gasteiger partial charge in [0.25, 0.3) is 0 Å². The Labute approximate surface area is 171 Å². The van der Waals surface area contributed by atoms with Gasteiger partial charge in [0, 0.05) is 0 Å². The van der Waals surface area contributed by atoms with Gasteiger partial charge in [-0.15, -0.1) is 0 Å². The molecule has 3 N–H and O–H groups in total. The number of hydrogen-bond donors (Lipinski definition) is 3. The number of unbranched alkanes of at least 4 members (excludes halogenated alkanes) is 2. The fourth-order valence-electron chi connectivity index (χ4n) is 3.36. The Morgan fingerprint density at radius 2 is 2.04 bits per heavy atom. The molecule has 1 aliphatic heterocycles. The molecule has 27 heavy (non-hydrogen) atoms. The summed E-state index contributed by atoms with van der Waals surface area (Å²) in [5, 5.41) is 21.8. The first-order chi connectivity index (χ1) is 12.8. The second kappa shape index (κ2) is 9.60. The first kappa shape index (κ1) is 22.5. The minimum absolute atomic E-state index is 0.0982. The van der Waals surface area contributed by atoms with Gasteiger partial charge in [0.05, 0.1) is 0 Å². The molecule has 0 amide bonds. The first-order valence-corrected chi connectivity index (χ1v) is 11.5. The zero-order valence-electron chi connectivity index (χ0n) is 16.2. The molecule has 9 heteroatoms. The molecule has 2 heterocycles. The Kier molecular flexibility index (Phi) is 7.99. The van der Waals surface area contributed by atoms with Crippen LogP contribution in [0.2, 0.25) is 0 Å². The number of aromatic amines is 1. The fraction of sp³-hybridized carbons (Fsp3) is 0.722. The average Bonchev–Trinajstić information content (AvgIpc) is 2.90. The van der Waals surface area contributed by atoms with E-state index in [1.165, 1.54) is 10.8 Å². The molecule has 1 aromatic rings. The third-order valence-electron chi connectivity index (χ3n) is 4.92. The number of aliphatic hydroxyl groups is 2. The molecule has 2 rings (SSSR count). The van der Waals surface area contributed by atoms with E-state index in [0.717, 1.165) is 19.3 Å². The molecule has 1 aromatic heterocycles. The van der Waals surface area contributed by atoms with Crippen LogP contribution in [0.4, 0.5) is 0 Å². The second-order valence-corrected chi connectivity index (χ2v) is 9.19. The molecule has 0 unspecified atom stereocenters. The van der Waals surface area contributed by atoms with E-state index in [4.69, 9.17) is 9.47 Å². The molecular weight excluding hydrogens is 459 g/mol. The van der Waals surface area contributed by atoms with Crippen LogP contribution in [0.15, 0.2) is 15.8 Å². The number of nitrogens with zero attached hydrogens (tertiary/aromatic N) is 1. The van der Waals surface area contributed by atoms with Crippen molar-refractivity contribution in [3.63, 3.8) is 0 Å². The van der Waals surface area contributed by atoms with Crippen molar-refractivity contribution in [2.24, 2.45) is 0 Å². The summed E-state index contributed by atoms with van der Waals surface area (Å²) in [5.74, 6) is 0. The van der Waals surface area contributed by atoms with Gasteiger partial charge in [-0.3, -0.25) is 0 Å². The normalized spacial score (nSPS) is 27.8. The van der Waals surface area contributed by atoms with Crippen LogP contribution in [0, 0.1) is 6.92 Å². The van der Waals surface area contributed by atoms with Crippen molar-refractivity contribution >= 4 is 25.8 Å². The number of nitrogens with one attached hydrogen (secondary N) is 1. The number of hydrogen-bond acceptors (Lipinski definition) is 6. The number of rotatable bonds is 9. The Morgan fingerprint density at radius 1 is 1.37 bits per heavy atom. The van der Waals surface area contributed by atoms with Crippen LogP contribution in [0.3, 0.4) is 0 Å². The number of aryl methyl sites for hydroxylation is 1. The van der Waals surface area contributed by atoms with E-state index in [1.807, 2.05) is 13.8 Å². The van der Waals surface area contributed by atoms with Crippen LogP contribution in [0.25, 0.3) is 0 Å². The van der Waals surface area contributed by atoms with Gasteiger partial charge < -0.3 is 0 Å². The van der Waals surface area contributed by atoms with Gasteiger partial charge in [-0.2, -0.15) is 0 Å². The van der Waals surface area contributed by atoms with Crippen molar-refractivity contribution < 1.29 is 19.7 Å². The Balaban J connectivity index is 2.51. The predicted molar refractivity (Wildman–Crippen MR) is 105 cm³/mol. The van der Waals surface area contributed by atoms with Crippen molar-refractivity contribution in [1.82, 2.24) is 9.55 Å². The van der Waals surface area contributed by atoms with Gasteiger partial charge in [0.2, 0.25) is 0 Å². The van der Waals surface area contributed by atoms with E-state index in [0.29, 0.717) is 25.0 Å². The van der Waals surface area contributed by atoms with Gasteiger partial charge >= 0.3 is 171 Å². The van der Waals surface area contributed by atoms with Crippen molar-refractivity contribution in [3.8, 4) is 0 Å². The SMILES string of the molecule is CCCCO[C@@H]1[C@@H]([C](O)=[SnH2])O[C@@H](n2cc(C)c(=O)[nH]c2=O)[C@@]1(O)CCCC. The second-order valence-electron chi connectivity index (χ2n) is 7.12. The first-order valence-electron chi connectivity index (χ1n) is 9.45. The van der Waals surface area contributed by atoms with Crippen molar-refractivity contribution in [2.75, 3.05) is 6.61 Å². The number of aromatic nitrogens is 2. The zero-order chi connectivity index (χ0) is 20.2. The summed E-state index contributed by atoms with van der Waals surface area (Å²) in [4.78, 5) is 26.4. The molecule has 152 valence electrons. The van der Waals surface area contributed by atoms with E-state index in [1.54, 1.807) is 6.92 Å². The van der Waals surface area contributed by atoms with Crippen molar-refractivity contribution in [1.29, 1.82) is 0 Å². The van der Waals surface area contributed by atoms with Gasteiger partial charge in [-0.05, 0) is 0 Å². The summed E-state index contributed by atoms with van der Waals surface area (Å²) in [6, 6.07) is 0. The van der Waals surface area contributed by atoms with Crippen LogP contribution in [0.1, 0.15) is 57.7 Å². The van der Waals surface area contributed by atoms with E-state index in [-0.39, 0.29) is 25.8 Å². The maximum absolute atomic E-state index is 12.4. The molecule has 1 aliphatic rings. The van der Waals surface area contributed by atoms with Crippen LogP contribution in [-0.4, -0.2) is 69.9 Å². The topological polar surface area (TPSA) is 114 Å². The Morgan fingerprint density at radius 3 is 2.63 bits per heavy atom. The van der Waals surface area contributed by atoms with Crippen LogP contribution in [0.5, 0.6) is 0 Å². The molecule has 0 bridgehead atoms. The molecule has 0 radical (unpaired) electrons. The molecule has 0 spiro atoms. The molecule has 0 aliphatic carbocycles. The standard InChI is InChI=1S/C18H28N2O6.Sn.2H/c1-4-6-8-18(24)14(25-9-7-5-2)13(11-21)26-16(18)20-10-12(3)15(22)19-17(20)23;;;/h10,13-14,16,21,24H,4-9H2,1-3H3,(H,19,22,23);;;/t13-,14-,16-,18-;;;/m1.../s1. The third kappa shape index (κ3) is 4.79. The van der Waals surface area contributed by atoms with Gasteiger partial charge in [-0.25, -0.2) is 0 Å². The summed E-state index contributed by atoms with van der Waals surface area (Å²) < 4.78 is 13.3. The van der Waals surface area contributed by atoms with Crippen molar-refractivity contribution in [3.05, 3.63) is 32.6 Å². The summed E-state index contributed by atoms with van der Waals surface area (Å²) in [6.45, 7) is 6.06. The van der Waals surface area contributed by atoms with E-state index < -0.39 is 35.3 Å². The average molecular weight is 489 g/mol. The quantitative estimate of drug-likeness (QED) is 0.332. The third-order valence-corrected chi connectivity index (χ3v) is 6.07. The van der Waals surface area contributed by atoms with E-state index in [9.17, 15) is 19.8 Å². The fourth-order valence-corrected chi connectivity index (χ4v) is 4.25. The number of H-pyrrole nitrogens is 1. The molecule has 0 saturated carbocycles. The van der Waals surface area contributed by atoms with Crippen LogP contribution < -0.4 is 11.2 Å². The molecule has 1 fully saturated rings. The van der Waals surface area contributed by atoms with Gasteiger partial charge in [0.1, 0.15) is 0 Å². The Hall–Kier alpha value is -0.811. The minimum atomic E-state index is -1.49. The summed E-state index contributed by atoms with van der Waals surface area (Å²) >= 11 is 0.0982. The van der Waals surface area contributed by atoms with Crippen molar-refractivity contribution in [2.45, 2.75) is 76.9 Å². The number of ether oxygens (including phenoxy) is 2. The Bertz CT molecular complexity index is 776. The van der Waals surface area contributed by atoms with E-state index >= 15 is 0 Å². The molecule has 4 atom stereocenters. The monoisotopic (exact) mass is 490 g/mol. The summed E-state index contributed by atoms with van der Waals surface area (Å²) in [5.41, 5.74) is -2.29. The van der Waals surface area contributed by atoms with E-state index in [2.05, 4.69) is 4.98 Å².